The molecule has 0 unspecified atom stereocenters. The van der Waals surface area contributed by atoms with Crippen molar-refractivity contribution in [1.29, 1.82) is 0 Å². The van der Waals surface area contributed by atoms with E-state index in [-0.39, 0.29) is 6.04 Å². The summed E-state index contributed by atoms with van der Waals surface area (Å²) in [7, 11) is 2.02. The van der Waals surface area contributed by atoms with Crippen molar-refractivity contribution in [1.82, 2.24) is 25.1 Å². The molecule has 1 fully saturated rings. The van der Waals surface area contributed by atoms with Crippen LogP contribution in [0.25, 0.3) is 0 Å². The zero-order valence-corrected chi connectivity index (χ0v) is 12.6. The van der Waals surface area contributed by atoms with E-state index in [4.69, 9.17) is 0 Å². The zero-order chi connectivity index (χ0) is 14.7. The molecule has 2 aromatic heterocycles. The minimum absolute atomic E-state index is 0.118. The van der Waals surface area contributed by atoms with Gasteiger partial charge in [0.05, 0.1) is 13.1 Å². The average molecular weight is 308 g/mol. The monoisotopic (exact) mass is 308 g/mol. The van der Waals surface area contributed by atoms with E-state index in [1.807, 2.05) is 18.0 Å². The van der Waals surface area contributed by atoms with Crippen LogP contribution in [0.3, 0.4) is 0 Å². The fourth-order valence-corrected chi connectivity index (χ4v) is 3.29. The second kappa shape index (κ2) is 6.40. The lowest BCUT2D eigenvalue weighted by molar-refractivity contribution is 0.288. The van der Waals surface area contributed by atoms with E-state index in [9.17, 15) is 4.39 Å². The molecule has 0 bridgehead atoms. The summed E-state index contributed by atoms with van der Waals surface area (Å²) >= 11 is 1.53. The Kier molecular flexibility index (Phi) is 4.35. The number of alkyl halides is 1. The van der Waals surface area contributed by atoms with Crippen LogP contribution in [-0.2, 0) is 6.54 Å². The Bertz CT molecular complexity index is 551. The van der Waals surface area contributed by atoms with Crippen molar-refractivity contribution >= 4 is 17.2 Å². The van der Waals surface area contributed by atoms with Gasteiger partial charge in [-0.15, -0.1) is 21.5 Å². The second-order valence-corrected chi connectivity index (χ2v) is 6.15. The molecule has 2 aromatic rings. The van der Waals surface area contributed by atoms with Gasteiger partial charge in [-0.3, -0.25) is 4.90 Å². The lowest BCUT2D eigenvalue weighted by atomic mass is 10.2. The van der Waals surface area contributed by atoms with Crippen LogP contribution in [0.5, 0.6) is 0 Å². The van der Waals surface area contributed by atoms with Crippen molar-refractivity contribution in [3.63, 3.8) is 0 Å². The second-order valence-electron chi connectivity index (χ2n) is 5.24. The molecule has 1 saturated heterocycles. The number of halogens is 1. The third-order valence-electron chi connectivity index (χ3n) is 3.56. The molecule has 0 aliphatic carbocycles. The van der Waals surface area contributed by atoms with Gasteiger partial charge < -0.3 is 4.90 Å². The number of nitrogens with zero attached hydrogens (tertiary/aromatic N) is 6. The van der Waals surface area contributed by atoms with Crippen LogP contribution in [0.4, 0.5) is 10.2 Å². The maximum Gasteiger partial charge on any atom is 0.132 e. The Hall–Kier alpha value is -1.67. The maximum absolute atomic E-state index is 13.8. The molecular formula is C13H17FN6S. The molecule has 2 atom stereocenters. The summed E-state index contributed by atoms with van der Waals surface area (Å²) in [5.74, 6) is 0.791. The fourth-order valence-electron chi connectivity index (χ4n) is 2.69. The van der Waals surface area contributed by atoms with Crippen molar-refractivity contribution < 1.29 is 4.39 Å². The van der Waals surface area contributed by atoms with Crippen molar-refractivity contribution in [3.05, 3.63) is 29.1 Å². The van der Waals surface area contributed by atoms with Gasteiger partial charge in [-0.2, -0.15) is 0 Å². The Balaban J connectivity index is 1.65. The third-order valence-corrected chi connectivity index (χ3v) is 4.24. The predicted octanol–water partition coefficient (Wildman–Crippen LogP) is 1.38. The lowest BCUT2D eigenvalue weighted by Gasteiger charge is -2.28. The highest BCUT2D eigenvalue weighted by molar-refractivity contribution is 7.09. The molecule has 21 heavy (non-hydrogen) atoms. The Morgan fingerprint density at radius 1 is 1.52 bits per heavy atom. The molecule has 3 rings (SSSR count). The first-order valence-corrected chi connectivity index (χ1v) is 7.70. The number of hydrogen-bond acceptors (Lipinski definition) is 7. The smallest absolute Gasteiger partial charge is 0.132 e. The summed E-state index contributed by atoms with van der Waals surface area (Å²) in [6.45, 7) is 1.90. The topological polar surface area (TPSA) is 58.0 Å². The Morgan fingerprint density at radius 3 is 3.14 bits per heavy atom. The van der Waals surface area contributed by atoms with Crippen molar-refractivity contribution in [2.75, 3.05) is 25.0 Å². The predicted molar refractivity (Wildman–Crippen MR) is 78.9 cm³/mol. The van der Waals surface area contributed by atoms with E-state index < -0.39 is 6.17 Å². The molecule has 6 nitrogen and oxygen atoms in total. The highest BCUT2D eigenvalue weighted by Crippen LogP contribution is 2.26. The number of rotatable bonds is 5. The fraction of sp³-hybridized carbons (Fsp3) is 0.538. The van der Waals surface area contributed by atoms with Crippen molar-refractivity contribution in [3.8, 4) is 0 Å². The van der Waals surface area contributed by atoms with Crippen molar-refractivity contribution in [2.45, 2.75) is 25.2 Å². The van der Waals surface area contributed by atoms with Crippen LogP contribution < -0.4 is 4.90 Å². The molecule has 0 aromatic carbocycles. The molecule has 0 N–H and O–H groups in total. The van der Waals surface area contributed by atoms with E-state index in [1.165, 1.54) is 17.7 Å². The summed E-state index contributed by atoms with van der Waals surface area (Å²) in [6, 6.07) is 1.95. The van der Waals surface area contributed by atoms with Gasteiger partial charge >= 0.3 is 0 Å². The van der Waals surface area contributed by atoms with Gasteiger partial charge in [-0.25, -0.2) is 14.4 Å². The van der Waals surface area contributed by atoms with Gasteiger partial charge in [0.1, 0.15) is 28.8 Å². The van der Waals surface area contributed by atoms with Crippen LogP contribution in [-0.4, -0.2) is 57.4 Å². The van der Waals surface area contributed by atoms with Crippen LogP contribution in [0.1, 0.15) is 11.4 Å². The van der Waals surface area contributed by atoms with E-state index in [2.05, 4.69) is 25.1 Å². The molecule has 0 radical (unpaired) electrons. The summed E-state index contributed by atoms with van der Waals surface area (Å²) < 4.78 is 13.8. The van der Waals surface area contributed by atoms with Gasteiger partial charge in [0, 0.05) is 25.2 Å². The molecule has 1 aliphatic rings. The van der Waals surface area contributed by atoms with Crippen molar-refractivity contribution in [2.24, 2.45) is 0 Å². The molecule has 0 saturated carbocycles. The van der Waals surface area contributed by atoms with E-state index in [1.54, 1.807) is 11.7 Å². The van der Waals surface area contributed by atoms with Crippen LogP contribution in [0.15, 0.2) is 24.1 Å². The van der Waals surface area contributed by atoms with E-state index in [0.717, 1.165) is 23.9 Å². The van der Waals surface area contributed by atoms with Crippen LogP contribution in [0, 0.1) is 0 Å². The van der Waals surface area contributed by atoms with Gasteiger partial charge in [-0.05, 0) is 13.1 Å². The zero-order valence-electron chi connectivity index (χ0n) is 11.8. The Labute approximate surface area is 126 Å². The summed E-state index contributed by atoms with van der Waals surface area (Å²) in [6.07, 6.45) is 2.92. The summed E-state index contributed by atoms with van der Waals surface area (Å²) in [5, 5.41) is 8.85. The SMILES string of the molecule is CN(Cc1nncs1)C[C@@H]1C[C@H](F)CN1c1ccncn1. The summed E-state index contributed by atoms with van der Waals surface area (Å²) in [5.41, 5.74) is 1.73. The standard InChI is InChI=1S/C13H17FN6S/c1-19(7-13-18-17-9-21-13)6-11-4-10(14)5-20(11)12-2-3-15-8-16-12/h2-3,8-11H,4-7H2,1H3/t10-,11-/m0/s1. The first-order valence-electron chi connectivity index (χ1n) is 6.82. The first-order chi connectivity index (χ1) is 10.2. The highest BCUT2D eigenvalue weighted by Gasteiger charge is 2.33. The van der Waals surface area contributed by atoms with Gasteiger partial charge in [-0.1, -0.05) is 0 Å². The quantitative estimate of drug-likeness (QED) is 0.832. The molecule has 0 spiro atoms. The largest absolute Gasteiger partial charge is 0.349 e. The summed E-state index contributed by atoms with van der Waals surface area (Å²) in [4.78, 5) is 12.3. The van der Waals surface area contributed by atoms with Crippen LogP contribution >= 0.6 is 11.3 Å². The molecule has 3 heterocycles. The average Bonchev–Trinajstić information content (AvgIpc) is 3.09. The molecule has 8 heteroatoms. The lowest BCUT2D eigenvalue weighted by Crippen LogP contribution is -2.39. The van der Waals surface area contributed by atoms with Gasteiger partial charge in [0.2, 0.25) is 0 Å². The number of anilines is 1. The molecule has 1 aliphatic heterocycles. The molecule has 0 amide bonds. The highest BCUT2D eigenvalue weighted by atomic mass is 32.1. The third kappa shape index (κ3) is 3.51. The first kappa shape index (κ1) is 14.3. The number of aromatic nitrogens is 4. The maximum atomic E-state index is 13.8. The molecular weight excluding hydrogens is 291 g/mol. The number of hydrogen-bond donors (Lipinski definition) is 0. The van der Waals surface area contributed by atoms with Crippen LogP contribution in [0.2, 0.25) is 0 Å². The normalized spacial score (nSPS) is 22.1. The minimum atomic E-state index is -0.806. The minimum Gasteiger partial charge on any atom is -0.349 e. The number of likely N-dealkylation sites (N-methyl/N-ethyl adjacent to an activating group) is 1. The molecule has 112 valence electrons. The van der Waals surface area contributed by atoms with E-state index in [0.29, 0.717) is 13.0 Å². The van der Waals surface area contributed by atoms with Gasteiger partial charge in [0.25, 0.3) is 0 Å². The Morgan fingerprint density at radius 2 is 2.43 bits per heavy atom. The van der Waals surface area contributed by atoms with Gasteiger partial charge in [0.15, 0.2) is 0 Å². The van der Waals surface area contributed by atoms with E-state index >= 15 is 0 Å².